The van der Waals surface area contributed by atoms with E-state index >= 15 is 0 Å². The van der Waals surface area contributed by atoms with Crippen LogP contribution in [0.25, 0.3) is 0 Å². The van der Waals surface area contributed by atoms with E-state index in [0.717, 1.165) is 11.3 Å². The molecule has 0 radical (unpaired) electrons. The van der Waals surface area contributed by atoms with Crippen LogP contribution < -0.4 is 15.8 Å². The molecule has 1 amide bonds. The lowest BCUT2D eigenvalue weighted by molar-refractivity contribution is -0.123. The summed E-state index contributed by atoms with van der Waals surface area (Å²) in [6, 6.07) is 7.09. The van der Waals surface area contributed by atoms with Gasteiger partial charge in [0, 0.05) is 0 Å². The maximum absolute atomic E-state index is 11.8. The third kappa shape index (κ3) is 3.74. The first-order valence-corrected chi connectivity index (χ1v) is 6.15. The summed E-state index contributed by atoms with van der Waals surface area (Å²) in [6.45, 7) is 5.80. The van der Waals surface area contributed by atoms with Gasteiger partial charge >= 0.3 is 0 Å². The lowest BCUT2D eigenvalue weighted by Crippen LogP contribution is -2.44. The number of benzene rings is 1. The number of carbonyl (C=O) groups excluding carboxylic acids is 1. The van der Waals surface area contributed by atoms with Gasteiger partial charge in [-0.05, 0) is 30.5 Å². The average molecular weight is 250 g/mol. The highest BCUT2D eigenvalue weighted by atomic mass is 16.5. The molecule has 0 spiro atoms. The highest BCUT2D eigenvalue weighted by Gasteiger charge is 2.19. The SMILES string of the molecule is COc1ccc(C(C)NC(=O)[C@H](N)C(C)C)cc1. The van der Waals surface area contributed by atoms with Gasteiger partial charge in [-0.1, -0.05) is 26.0 Å². The molecule has 1 rings (SSSR count). The fraction of sp³-hybridized carbons (Fsp3) is 0.500. The molecule has 4 heteroatoms. The topological polar surface area (TPSA) is 64.3 Å². The number of carbonyl (C=O) groups is 1. The Kier molecular flexibility index (Phi) is 5.16. The molecule has 0 heterocycles. The zero-order valence-corrected chi connectivity index (χ0v) is 11.4. The van der Waals surface area contributed by atoms with Crippen molar-refractivity contribution in [2.24, 2.45) is 11.7 Å². The van der Waals surface area contributed by atoms with Crippen molar-refractivity contribution in [2.45, 2.75) is 32.9 Å². The van der Waals surface area contributed by atoms with Gasteiger partial charge in [-0.2, -0.15) is 0 Å². The van der Waals surface area contributed by atoms with Gasteiger partial charge < -0.3 is 15.8 Å². The molecule has 3 N–H and O–H groups in total. The second-order valence-electron chi connectivity index (χ2n) is 4.77. The smallest absolute Gasteiger partial charge is 0.237 e. The number of amides is 1. The van der Waals surface area contributed by atoms with Crippen LogP contribution in [0.2, 0.25) is 0 Å². The molecule has 1 unspecified atom stereocenters. The molecule has 0 fully saturated rings. The first-order chi connectivity index (χ1) is 8.45. The molecule has 0 aliphatic carbocycles. The van der Waals surface area contributed by atoms with Crippen molar-refractivity contribution in [3.63, 3.8) is 0 Å². The van der Waals surface area contributed by atoms with Crippen LogP contribution in [0, 0.1) is 5.92 Å². The van der Waals surface area contributed by atoms with Crippen LogP contribution in [0.3, 0.4) is 0 Å². The summed E-state index contributed by atoms with van der Waals surface area (Å²) in [7, 11) is 1.63. The van der Waals surface area contributed by atoms with Crippen LogP contribution in [0.1, 0.15) is 32.4 Å². The molecule has 4 nitrogen and oxygen atoms in total. The number of hydrogen-bond donors (Lipinski definition) is 2. The minimum atomic E-state index is -0.467. The van der Waals surface area contributed by atoms with E-state index in [2.05, 4.69) is 5.32 Å². The highest BCUT2D eigenvalue weighted by Crippen LogP contribution is 2.17. The number of methoxy groups -OCH3 is 1. The van der Waals surface area contributed by atoms with E-state index in [1.807, 2.05) is 45.0 Å². The summed E-state index contributed by atoms with van der Waals surface area (Å²) in [6.07, 6.45) is 0. The average Bonchev–Trinajstić information content (AvgIpc) is 2.37. The van der Waals surface area contributed by atoms with Crippen LogP contribution in [0.15, 0.2) is 24.3 Å². The minimum Gasteiger partial charge on any atom is -0.497 e. The Morgan fingerprint density at radius 2 is 1.78 bits per heavy atom. The predicted octanol–water partition coefficient (Wildman–Crippen LogP) is 1.86. The molecule has 0 aromatic heterocycles. The van der Waals surface area contributed by atoms with Crippen LogP contribution in [0.4, 0.5) is 0 Å². The molecule has 0 saturated heterocycles. The molecular weight excluding hydrogens is 228 g/mol. The summed E-state index contributed by atoms with van der Waals surface area (Å²) in [5.41, 5.74) is 6.83. The van der Waals surface area contributed by atoms with E-state index in [-0.39, 0.29) is 17.9 Å². The molecular formula is C14H22N2O2. The number of nitrogens with one attached hydrogen (secondary N) is 1. The first-order valence-electron chi connectivity index (χ1n) is 6.15. The Balaban J connectivity index is 2.64. The molecule has 0 aliphatic rings. The fourth-order valence-electron chi connectivity index (χ4n) is 1.59. The van der Waals surface area contributed by atoms with Gasteiger partial charge in [-0.3, -0.25) is 4.79 Å². The highest BCUT2D eigenvalue weighted by molar-refractivity contribution is 5.82. The Labute approximate surface area is 109 Å². The van der Waals surface area contributed by atoms with Gasteiger partial charge in [0.05, 0.1) is 19.2 Å². The zero-order valence-electron chi connectivity index (χ0n) is 11.4. The summed E-state index contributed by atoms with van der Waals surface area (Å²) in [5.74, 6) is 0.817. The Morgan fingerprint density at radius 1 is 1.22 bits per heavy atom. The fourth-order valence-corrected chi connectivity index (χ4v) is 1.59. The van der Waals surface area contributed by atoms with Crippen molar-refractivity contribution >= 4 is 5.91 Å². The number of nitrogens with two attached hydrogens (primary N) is 1. The second kappa shape index (κ2) is 6.40. The standard InChI is InChI=1S/C14H22N2O2/c1-9(2)13(15)14(17)16-10(3)11-5-7-12(18-4)8-6-11/h5-10,13H,15H2,1-4H3,(H,16,17)/t10?,13-/m1/s1. The number of ether oxygens (including phenoxy) is 1. The molecule has 2 atom stereocenters. The molecule has 100 valence electrons. The predicted molar refractivity (Wildman–Crippen MR) is 72.4 cm³/mol. The van der Waals surface area contributed by atoms with E-state index in [0.29, 0.717) is 0 Å². The number of hydrogen-bond acceptors (Lipinski definition) is 3. The van der Waals surface area contributed by atoms with Gasteiger partial charge in [0.2, 0.25) is 5.91 Å². The molecule has 1 aromatic carbocycles. The van der Waals surface area contributed by atoms with Crippen molar-refractivity contribution in [3.8, 4) is 5.75 Å². The van der Waals surface area contributed by atoms with Crippen molar-refractivity contribution < 1.29 is 9.53 Å². The van der Waals surface area contributed by atoms with Crippen molar-refractivity contribution in [3.05, 3.63) is 29.8 Å². The monoisotopic (exact) mass is 250 g/mol. The first kappa shape index (κ1) is 14.5. The minimum absolute atomic E-state index is 0.0618. The van der Waals surface area contributed by atoms with E-state index < -0.39 is 6.04 Å². The normalized spacial score (nSPS) is 14.1. The largest absolute Gasteiger partial charge is 0.497 e. The van der Waals surface area contributed by atoms with Crippen LogP contribution >= 0.6 is 0 Å². The van der Waals surface area contributed by atoms with E-state index in [4.69, 9.17) is 10.5 Å². The molecule has 0 saturated carbocycles. The maximum Gasteiger partial charge on any atom is 0.237 e. The van der Waals surface area contributed by atoms with Crippen molar-refractivity contribution in [1.29, 1.82) is 0 Å². The van der Waals surface area contributed by atoms with Crippen LogP contribution in [-0.4, -0.2) is 19.1 Å². The lowest BCUT2D eigenvalue weighted by Gasteiger charge is -2.20. The summed E-state index contributed by atoms with van der Waals surface area (Å²) >= 11 is 0. The quantitative estimate of drug-likeness (QED) is 0.838. The Morgan fingerprint density at radius 3 is 2.22 bits per heavy atom. The second-order valence-corrected chi connectivity index (χ2v) is 4.77. The summed E-state index contributed by atoms with van der Waals surface area (Å²) in [4.78, 5) is 11.8. The van der Waals surface area contributed by atoms with Crippen LogP contribution in [-0.2, 0) is 4.79 Å². The van der Waals surface area contributed by atoms with Gasteiger partial charge in [0.25, 0.3) is 0 Å². The van der Waals surface area contributed by atoms with Crippen LogP contribution in [0.5, 0.6) is 5.75 Å². The van der Waals surface area contributed by atoms with E-state index in [9.17, 15) is 4.79 Å². The van der Waals surface area contributed by atoms with Gasteiger partial charge in [-0.15, -0.1) is 0 Å². The zero-order chi connectivity index (χ0) is 13.7. The third-order valence-corrected chi connectivity index (χ3v) is 3.00. The van der Waals surface area contributed by atoms with Crippen molar-refractivity contribution in [1.82, 2.24) is 5.32 Å². The van der Waals surface area contributed by atoms with Gasteiger partial charge in [0.1, 0.15) is 5.75 Å². The van der Waals surface area contributed by atoms with Crippen molar-refractivity contribution in [2.75, 3.05) is 7.11 Å². The van der Waals surface area contributed by atoms with E-state index in [1.54, 1.807) is 7.11 Å². The van der Waals surface area contributed by atoms with Gasteiger partial charge in [0.15, 0.2) is 0 Å². The Bertz CT molecular complexity index is 387. The lowest BCUT2D eigenvalue weighted by atomic mass is 10.0. The summed E-state index contributed by atoms with van der Waals surface area (Å²) in [5, 5.41) is 2.91. The maximum atomic E-state index is 11.8. The molecule has 0 aliphatic heterocycles. The van der Waals surface area contributed by atoms with Gasteiger partial charge in [-0.25, -0.2) is 0 Å². The number of rotatable bonds is 5. The molecule has 0 bridgehead atoms. The molecule has 18 heavy (non-hydrogen) atoms. The Hall–Kier alpha value is -1.55. The summed E-state index contributed by atoms with van der Waals surface area (Å²) < 4.78 is 5.09. The van der Waals surface area contributed by atoms with E-state index in [1.165, 1.54) is 0 Å². The molecule has 1 aromatic rings. The third-order valence-electron chi connectivity index (χ3n) is 3.00.